The maximum Gasteiger partial charge on any atom is 0.243 e. The second-order valence-corrected chi connectivity index (χ2v) is 7.44. The van der Waals surface area contributed by atoms with Crippen LogP contribution < -0.4 is 10.6 Å². The van der Waals surface area contributed by atoms with Crippen molar-refractivity contribution in [3.63, 3.8) is 0 Å². The van der Waals surface area contributed by atoms with Crippen molar-refractivity contribution in [3.05, 3.63) is 36.0 Å². The Bertz CT molecular complexity index is 780. The van der Waals surface area contributed by atoms with Crippen LogP contribution in [0.4, 0.5) is 0 Å². The highest BCUT2D eigenvalue weighted by molar-refractivity contribution is 5.89. The molecule has 0 bridgehead atoms. The minimum absolute atomic E-state index is 0.0425. The molecule has 1 aromatic carbocycles. The highest BCUT2D eigenvalue weighted by atomic mass is 16.5. The van der Waals surface area contributed by atoms with Gasteiger partial charge in [0.15, 0.2) is 0 Å². The molecule has 3 atom stereocenters. The van der Waals surface area contributed by atoms with E-state index < -0.39 is 6.04 Å². The zero-order valence-corrected chi connectivity index (χ0v) is 16.1. The van der Waals surface area contributed by atoms with Gasteiger partial charge in [0.05, 0.1) is 6.10 Å². The smallest absolute Gasteiger partial charge is 0.243 e. The summed E-state index contributed by atoms with van der Waals surface area (Å²) in [6.45, 7) is 4.29. The van der Waals surface area contributed by atoms with Gasteiger partial charge >= 0.3 is 0 Å². The summed E-state index contributed by atoms with van der Waals surface area (Å²) < 4.78 is 5.65. The second-order valence-electron chi connectivity index (χ2n) is 7.44. The molecule has 6 nitrogen and oxygen atoms in total. The van der Waals surface area contributed by atoms with Crippen LogP contribution in [0.25, 0.3) is 10.9 Å². The molecule has 0 unspecified atom stereocenters. The lowest BCUT2D eigenvalue weighted by atomic mass is 10.0. The lowest BCUT2D eigenvalue weighted by Crippen LogP contribution is -2.49. The number of benzene rings is 1. The molecule has 1 aliphatic rings. The molecule has 146 valence electrons. The van der Waals surface area contributed by atoms with E-state index in [1.165, 1.54) is 6.92 Å². The fraction of sp³-hybridized carbons (Fsp3) is 0.524. The van der Waals surface area contributed by atoms with Gasteiger partial charge in [-0.1, -0.05) is 18.2 Å². The van der Waals surface area contributed by atoms with Crippen molar-refractivity contribution < 1.29 is 14.3 Å². The first-order valence-corrected chi connectivity index (χ1v) is 9.77. The van der Waals surface area contributed by atoms with Gasteiger partial charge in [-0.2, -0.15) is 0 Å². The Hall–Kier alpha value is -2.34. The van der Waals surface area contributed by atoms with Crippen LogP contribution in [0.5, 0.6) is 0 Å². The number of carbonyl (C=O) groups is 2. The summed E-state index contributed by atoms with van der Waals surface area (Å²) in [6, 6.07) is 7.41. The van der Waals surface area contributed by atoms with Gasteiger partial charge < -0.3 is 20.4 Å². The molecule has 1 aliphatic heterocycles. The first-order valence-electron chi connectivity index (χ1n) is 9.77. The molecule has 1 aromatic heterocycles. The fourth-order valence-corrected chi connectivity index (χ4v) is 3.70. The number of hydrogen-bond acceptors (Lipinski definition) is 3. The topological polar surface area (TPSA) is 83.2 Å². The quantitative estimate of drug-likeness (QED) is 0.667. The Morgan fingerprint density at radius 3 is 2.85 bits per heavy atom. The van der Waals surface area contributed by atoms with Gasteiger partial charge in [-0.15, -0.1) is 0 Å². The van der Waals surface area contributed by atoms with E-state index in [0.29, 0.717) is 12.5 Å². The maximum atomic E-state index is 12.8. The molecule has 0 saturated carbocycles. The van der Waals surface area contributed by atoms with Crippen LogP contribution >= 0.6 is 0 Å². The molecule has 1 fully saturated rings. The molecular weight excluding hydrogens is 342 g/mol. The molecule has 3 N–H and O–H groups in total. The minimum atomic E-state index is -0.591. The van der Waals surface area contributed by atoms with Crippen molar-refractivity contribution in [1.29, 1.82) is 0 Å². The van der Waals surface area contributed by atoms with Gasteiger partial charge in [-0.3, -0.25) is 9.59 Å². The number of aromatic nitrogens is 1. The van der Waals surface area contributed by atoms with Gasteiger partial charge in [-0.25, -0.2) is 0 Å². The number of aromatic amines is 1. The largest absolute Gasteiger partial charge is 0.378 e. The van der Waals surface area contributed by atoms with E-state index in [4.69, 9.17) is 4.74 Å². The van der Waals surface area contributed by atoms with E-state index in [0.717, 1.165) is 48.8 Å². The third-order valence-corrected chi connectivity index (χ3v) is 5.13. The van der Waals surface area contributed by atoms with Crippen molar-refractivity contribution in [2.24, 2.45) is 0 Å². The average Bonchev–Trinajstić information content (AvgIpc) is 3.29. The standard InChI is InChI=1S/C21H29N3O3/c1-14(9-10-17-6-5-11-27-17)23-21(26)20(24-15(2)25)12-16-13-22-19-8-4-3-7-18(16)19/h3-4,7-8,13-14,17,20,22H,5-6,9-12H2,1-2H3,(H,23,26)(H,24,25)/t14-,17-,20-/m1/s1. The molecule has 0 aliphatic carbocycles. The normalized spacial score (nSPS) is 19.0. The van der Waals surface area contributed by atoms with E-state index in [1.807, 2.05) is 37.4 Å². The first kappa shape index (κ1) is 19.4. The summed E-state index contributed by atoms with van der Waals surface area (Å²) >= 11 is 0. The highest BCUT2D eigenvalue weighted by Gasteiger charge is 2.23. The molecule has 27 heavy (non-hydrogen) atoms. The number of para-hydroxylation sites is 1. The number of hydrogen-bond donors (Lipinski definition) is 3. The second kappa shape index (κ2) is 9.04. The van der Waals surface area contributed by atoms with Gasteiger partial charge in [0.25, 0.3) is 0 Å². The number of ether oxygens (including phenoxy) is 1. The van der Waals surface area contributed by atoms with Crippen LogP contribution in [0.15, 0.2) is 30.5 Å². The molecule has 0 spiro atoms. The number of fused-ring (bicyclic) bond motifs is 1. The Labute approximate surface area is 160 Å². The van der Waals surface area contributed by atoms with E-state index in [-0.39, 0.29) is 17.9 Å². The molecule has 2 amide bonds. The third kappa shape index (κ3) is 5.32. The van der Waals surface area contributed by atoms with Gasteiger partial charge in [0, 0.05) is 43.1 Å². The Balaban J connectivity index is 1.60. The summed E-state index contributed by atoms with van der Waals surface area (Å²) in [5.41, 5.74) is 2.05. The fourth-order valence-electron chi connectivity index (χ4n) is 3.70. The molecule has 0 radical (unpaired) electrons. The Morgan fingerprint density at radius 1 is 1.30 bits per heavy atom. The van der Waals surface area contributed by atoms with Crippen LogP contribution in [0.1, 0.15) is 45.1 Å². The monoisotopic (exact) mass is 371 g/mol. The highest BCUT2D eigenvalue weighted by Crippen LogP contribution is 2.20. The van der Waals surface area contributed by atoms with Crippen LogP contribution in [0.3, 0.4) is 0 Å². The predicted octanol–water partition coefficient (Wildman–Crippen LogP) is 2.68. The summed E-state index contributed by atoms with van der Waals surface area (Å²) in [4.78, 5) is 27.6. The zero-order valence-electron chi connectivity index (χ0n) is 16.1. The number of nitrogens with one attached hydrogen (secondary N) is 3. The van der Waals surface area contributed by atoms with Gasteiger partial charge in [0.1, 0.15) is 6.04 Å². The lowest BCUT2D eigenvalue weighted by Gasteiger charge is -2.21. The van der Waals surface area contributed by atoms with Crippen molar-refractivity contribution in [3.8, 4) is 0 Å². The van der Waals surface area contributed by atoms with Crippen LogP contribution in [0, 0.1) is 0 Å². The molecule has 2 heterocycles. The number of rotatable bonds is 8. The summed E-state index contributed by atoms with van der Waals surface area (Å²) in [5.74, 6) is -0.350. The van der Waals surface area contributed by atoms with E-state index in [2.05, 4.69) is 15.6 Å². The SMILES string of the molecule is CC(=O)N[C@H](Cc1c[nH]c2ccccc12)C(=O)N[C@H](C)CC[C@H]1CCCO1. The zero-order chi connectivity index (χ0) is 19.2. The van der Waals surface area contributed by atoms with Gasteiger partial charge in [-0.05, 0) is 44.2 Å². The molecule has 2 aromatic rings. The number of H-pyrrole nitrogens is 1. The van der Waals surface area contributed by atoms with Crippen LogP contribution in [-0.4, -0.2) is 41.6 Å². The lowest BCUT2D eigenvalue weighted by molar-refractivity contribution is -0.128. The molecular formula is C21H29N3O3. The maximum absolute atomic E-state index is 12.8. The average molecular weight is 371 g/mol. The number of carbonyl (C=O) groups excluding carboxylic acids is 2. The van der Waals surface area contributed by atoms with Crippen molar-refractivity contribution in [1.82, 2.24) is 15.6 Å². The Morgan fingerprint density at radius 2 is 2.11 bits per heavy atom. The predicted molar refractivity (Wildman–Crippen MR) is 105 cm³/mol. The first-order chi connectivity index (χ1) is 13.0. The summed E-state index contributed by atoms with van der Waals surface area (Å²) in [6.07, 6.45) is 6.74. The summed E-state index contributed by atoms with van der Waals surface area (Å²) in [7, 11) is 0. The minimum Gasteiger partial charge on any atom is -0.378 e. The van der Waals surface area contributed by atoms with E-state index >= 15 is 0 Å². The van der Waals surface area contributed by atoms with Crippen molar-refractivity contribution >= 4 is 22.7 Å². The van der Waals surface area contributed by atoms with Crippen LogP contribution in [-0.2, 0) is 20.7 Å². The van der Waals surface area contributed by atoms with Crippen molar-refractivity contribution in [2.45, 2.75) is 64.1 Å². The molecule has 3 rings (SSSR count). The third-order valence-electron chi connectivity index (χ3n) is 5.13. The van der Waals surface area contributed by atoms with Crippen LogP contribution in [0.2, 0.25) is 0 Å². The summed E-state index contributed by atoms with van der Waals surface area (Å²) in [5, 5.41) is 6.92. The molecule has 1 saturated heterocycles. The van der Waals surface area contributed by atoms with Gasteiger partial charge in [0.2, 0.25) is 11.8 Å². The Kier molecular flexibility index (Phi) is 6.50. The van der Waals surface area contributed by atoms with E-state index in [1.54, 1.807) is 0 Å². The van der Waals surface area contributed by atoms with E-state index in [9.17, 15) is 9.59 Å². The number of amides is 2. The van der Waals surface area contributed by atoms with Crippen molar-refractivity contribution in [2.75, 3.05) is 6.61 Å². The molecule has 6 heteroatoms.